The Labute approximate surface area is 150 Å². The molecule has 0 aliphatic heterocycles. The lowest BCUT2D eigenvalue weighted by atomic mass is 10.0. The fourth-order valence-electron chi connectivity index (χ4n) is 2.72. The van der Waals surface area contributed by atoms with Crippen molar-refractivity contribution < 1.29 is 14.3 Å². The number of hydrogen-bond donors (Lipinski definition) is 0. The van der Waals surface area contributed by atoms with E-state index in [1.807, 2.05) is 30.1 Å². The lowest BCUT2D eigenvalue weighted by Crippen LogP contribution is -2.29. The Kier molecular flexibility index (Phi) is 6.45. The number of carbonyl (C=O) groups is 1. The van der Waals surface area contributed by atoms with Gasteiger partial charge in [-0.3, -0.25) is 4.79 Å². The number of ether oxygens (including phenoxy) is 2. The van der Waals surface area contributed by atoms with E-state index in [4.69, 9.17) is 9.47 Å². The third kappa shape index (κ3) is 4.99. The van der Waals surface area contributed by atoms with Gasteiger partial charge in [-0.2, -0.15) is 0 Å². The van der Waals surface area contributed by atoms with Gasteiger partial charge < -0.3 is 14.4 Å². The second-order valence-corrected chi connectivity index (χ2v) is 6.31. The molecule has 0 aliphatic rings. The number of benzene rings is 2. The Morgan fingerprint density at radius 2 is 1.60 bits per heavy atom. The molecule has 0 heterocycles. The van der Waals surface area contributed by atoms with E-state index in [0.29, 0.717) is 12.8 Å². The van der Waals surface area contributed by atoms with E-state index in [9.17, 15) is 4.79 Å². The third-order valence-corrected chi connectivity index (χ3v) is 4.57. The van der Waals surface area contributed by atoms with Crippen LogP contribution < -0.4 is 9.47 Å². The first-order chi connectivity index (χ1) is 11.9. The first-order valence-corrected chi connectivity index (χ1v) is 8.48. The summed E-state index contributed by atoms with van der Waals surface area (Å²) in [7, 11) is 5.11. The van der Waals surface area contributed by atoms with Crippen molar-refractivity contribution in [3.63, 3.8) is 0 Å². The Balaban J connectivity index is 2.00. The van der Waals surface area contributed by atoms with Crippen LogP contribution in [-0.2, 0) is 11.2 Å². The number of hydrogen-bond acceptors (Lipinski definition) is 3. The predicted molar refractivity (Wildman–Crippen MR) is 100 cm³/mol. The van der Waals surface area contributed by atoms with E-state index >= 15 is 0 Å². The number of rotatable bonds is 7. The lowest BCUT2D eigenvalue weighted by Gasteiger charge is -2.25. The minimum atomic E-state index is 0.0490. The number of carbonyl (C=O) groups excluding carboxylic acids is 1. The van der Waals surface area contributed by atoms with Crippen LogP contribution in [0.1, 0.15) is 36.1 Å². The topological polar surface area (TPSA) is 38.8 Å². The normalized spacial score (nSPS) is 11.7. The zero-order valence-corrected chi connectivity index (χ0v) is 15.7. The van der Waals surface area contributed by atoms with Gasteiger partial charge in [0.05, 0.1) is 20.3 Å². The molecule has 0 saturated carbocycles. The van der Waals surface area contributed by atoms with Crippen molar-refractivity contribution in [1.29, 1.82) is 0 Å². The predicted octanol–water partition coefficient (Wildman–Crippen LogP) is 4.16. The van der Waals surface area contributed by atoms with Crippen molar-refractivity contribution in [3.8, 4) is 11.5 Å². The van der Waals surface area contributed by atoms with Crippen molar-refractivity contribution in [2.24, 2.45) is 0 Å². The van der Waals surface area contributed by atoms with Gasteiger partial charge in [0.25, 0.3) is 0 Å². The van der Waals surface area contributed by atoms with Gasteiger partial charge in [-0.25, -0.2) is 0 Å². The SMILES string of the molecule is COc1cc(CCC(=O)N(C)C(C)c2ccc(C)cc2)cc(OC)c1. The van der Waals surface area contributed by atoms with Crippen molar-refractivity contribution in [1.82, 2.24) is 4.90 Å². The number of amides is 1. The highest BCUT2D eigenvalue weighted by atomic mass is 16.5. The number of aryl methyl sites for hydroxylation is 2. The molecule has 2 aromatic rings. The molecule has 2 rings (SSSR count). The summed E-state index contributed by atoms with van der Waals surface area (Å²) in [4.78, 5) is 14.4. The van der Waals surface area contributed by atoms with E-state index in [2.05, 4.69) is 38.1 Å². The maximum absolute atomic E-state index is 12.6. The van der Waals surface area contributed by atoms with Gasteiger partial charge in [0.1, 0.15) is 11.5 Å². The van der Waals surface area contributed by atoms with Gasteiger partial charge in [-0.15, -0.1) is 0 Å². The van der Waals surface area contributed by atoms with Crippen molar-refractivity contribution in [2.75, 3.05) is 21.3 Å². The number of nitrogens with zero attached hydrogens (tertiary/aromatic N) is 1. The van der Waals surface area contributed by atoms with Gasteiger partial charge in [-0.1, -0.05) is 29.8 Å². The largest absolute Gasteiger partial charge is 0.497 e. The van der Waals surface area contributed by atoms with E-state index < -0.39 is 0 Å². The van der Waals surface area contributed by atoms with Crippen molar-refractivity contribution >= 4 is 5.91 Å². The molecule has 0 aliphatic carbocycles. The average Bonchev–Trinajstić information content (AvgIpc) is 2.65. The summed E-state index contributed by atoms with van der Waals surface area (Å²) < 4.78 is 10.6. The zero-order valence-electron chi connectivity index (χ0n) is 15.7. The van der Waals surface area contributed by atoms with E-state index in [-0.39, 0.29) is 11.9 Å². The molecule has 0 N–H and O–H groups in total. The summed E-state index contributed by atoms with van der Waals surface area (Å²) in [6, 6.07) is 14.1. The maximum atomic E-state index is 12.6. The van der Waals surface area contributed by atoms with Crippen molar-refractivity contribution in [2.45, 2.75) is 32.7 Å². The quantitative estimate of drug-likeness (QED) is 0.759. The number of methoxy groups -OCH3 is 2. The Morgan fingerprint density at radius 3 is 2.12 bits per heavy atom. The molecule has 2 aromatic carbocycles. The summed E-state index contributed by atoms with van der Waals surface area (Å²) in [6.07, 6.45) is 1.10. The van der Waals surface area contributed by atoms with Gasteiger partial charge in [-0.05, 0) is 43.5 Å². The smallest absolute Gasteiger partial charge is 0.223 e. The summed E-state index contributed by atoms with van der Waals surface area (Å²) in [5.74, 6) is 1.60. The van der Waals surface area contributed by atoms with Crippen LogP contribution in [0.4, 0.5) is 0 Å². The molecule has 0 bridgehead atoms. The second kappa shape index (κ2) is 8.56. The van der Waals surface area contributed by atoms with Crippen LogP contribution in [0.25, 0.3) is 0 Å². The van der Waals surface area contributed by atoms with Crippen LogP contribution >= 0.6 is 0 Å². The Hall–Kier alpha value is -2.49. The molecule has 0 aromatic heterocycles. The molecule has 0 radical (unpaired) electrons. The molecule has 1 atom stereocenters. The van der Waals surface area contributed by atoms with Gasteiger partial charge >= 0.3 is 0 Å². The fourth-order valence-corrected chi connectivity index (χ4v) is 2.72. The van der Waals surface area contributed by atoms with E-state index in [1.54, 1.807) is 14.2 Å². The molecular formula is C21H27NO3. The van der Waals surface area contributed by atoms with Crippen molar-refractivity contribution in [3.05, 3.63) is 59.2 Å². The van der Waals surface area contributed by atoms with Gasteiger partial charge in [0.2, 0.25) is 5.91 Å². The second-order valence-electron chi connectivity index (χ2n) is 6.31. The first kappa shape index (κ1) is 18.8. The zero-order chi connectivity index (χ0) is 18.4. The Morgan fingerprint density at radius 1 is 1.04 bits per heavy atom. The first-order valence-electron chi connectivity index (χ1n) is 8.48. The van der Waals surface area contributed by atoms with Crippen LogP contribution in [0.2, 0.25) is 0 Å². The van der Waals surface area contributed by atoms with Gasteiger partial charge in [0.15, 0.2) is 0 Å². The fraction of sp³-hybridized carbons (Fsp3) is 0.381. The molecule has 25 heavy (non-hydrogen) atoms. The van der Waals surface area contributed by atoms with Crippen LogP contribution in [0.15, 0.2) is 42.5 Å². The average molecular weight is 341 g/mol. The van der Waals surface area contributed by atoms with Crippen LogP contribution in [0.3, 0.4) is 0 Å². The highest BCUT2D eigenvalue weighted by molar-refractivity contribution is 5.76. The molecule has 0 fully saturated rings. The molecule has 134 valence electrons. The highest BCUT2D eigenvalue weighted by Crippen LogP contribution is 2.24. The highest BCUT2D eigenvalue weighted by Gasteiger charge is 2.17. The van der Waals surface area contributed by atoms with Crippen LogP contribution in [0, 0.1) is 6.92 Å². The minimum absolute atomic E-state index is 0.0490. The summed E-state index contributed by atoms with van der Waals surface area (Å²) in [5, 5.41) is 0. The molecule has 4 heteroatoms. The molecular weight excluding hydrogens is 314 g/mol. The Bertz CT molecular complexity index is 687. The van der Waals surface area contributed by atoms with Crippen LogP contribution in [0.5, 0.6) is 11.5 Å². The maximum Gasteiger partial charge on any atom is 0.223 e. The van der Waals surface area contributed by atoms with E-state index in [1.165, 1.54) is 5.56 Å². The minimum Gasteiger partial charge on any atom is -0.497 e. The molecule has 1 amide bonds. The third-order valence-electron chi connectivity index (χ3n) is 4.57. The molecule has 4 nitrogen and oxygen atoms in total. The summed E-state index contributed by atoms with van der Waals surface area (Å²) in [6.45, 7) is 4.11. The lowest BCUT2D eigenvalue weighted by molar-refractivity contribution is -0.131. The summed E-state index contributed by atoms with van der Waals surface area (Å²) in [5.41, 5.74) is 3.39. The monoisotopic (exact) mass is 341 g/mol. The van der Waals surface area contributed by atoms with E-state index in [0.717, 1.165) is 22.6 Å². The molecule has 0 spiro atoms. The summed E-state index contributed by atoms with van der Waals surface area (Å²) >= 11 is 0. The molecule has 0 saturated heterocycles. The standard InChI is InChI=1S/C21H27NO3/c1-15-6-9-18(10-7-15)16(2)22(3)21(23)11-8-17-12-19(24-4)14-20(13-17)25-5/h6-7,9-10,12-14,16H,8,11H2,1-5H3. The van der Waals surface area contributed by atoms with Gasteiger partial charge in [0, 0.05) is 19.5 Å². The van der Waals surface area contributed by atoms with Crippen LogP contribution in [-0.4, -0.2) is 32.1 Å². The molecule has 1 unspecified atom stereocenters.